The molecule has 1 aromatic rings. The molecule has 1 aliphatic rings. The van der Waals surface area contributed by atoms with E-state index in [0.717, 1.165) is 24.8 Å². The van der Waals surface area contributed by atoms with Gasteiger partial charge in [-0.2, -0.15) is 0 Å². The first-order valence-corrected chi connectivity index (χ1v) is 7.91. The van der Waals surface area contributed by atoms with Crippen LogP contribution < -0.4 is 4.72 Å². The largest absolute Gasteiger partial charge is 0.478 e. The van der Waals surface area contributed by atoms with Crippen LogP contribution in [0, 0.1) is 5.92 Å². The lowest BCUT2D eigenvalue weighted by Crippen LogP contribution is -2.26. The van der Waals surface area contributed by atoms with Gasteiger partial charge in [0.2, 0.25) is 10.0 Å². The number of rotatable bonds is 7. The first-order chi connectivity index (χ1) is 8.96. The standard InChI is InChI=1S/C13H17NO4S/c15-13(16)12-5-3-11(4-6-12)9-14-19(17,18)8-7-10-1-2-10/h3-6,10,14H,1-2,7-9H2,(H,15,16). The van der Waals surface area contributed by atoms with Gasteiger partial charge in [-0.3, -0.25) is 0 Å². The van der Waals surface area contributed by atoms with E-state index >= 15 is 0 Å². The number of benzene rings is 1. The number of nitrogens with one attached hydrogen (secondary N) is 1. The van der Waals surface area contributed by atoms with Gasteiger partial charge in [0, 0.05) is 6.54 Å². The fourth-order valence-electron chi connectivity index (χ4n) is 1.76. The summed E-state index contributed by atoms with van der Waals surface area (Å²) in [4.78, 5) is 10.7. The second-order valence-corrected chi connectivity index (χ2v) is 6.80. The van der Waals surface area contributed by atoms with Crippen molar-refractivity contribution in [1.29, 1.82) is 0 Å². The summed E-state index contributed by atoms with van der Waals surface area (Å²) in [5.41, 5.74) is 0.945. The molecule has 0 spiro atoms. The average molecular weight is 283 g/mol. The molecule has 0 aromatic heterocycles. The highest BCUT2D eigenvalue weighted by molar-refractivity contribution is 7.89. The van der Waals surface area contributed by atoms with Gasteiger partial charge in [0.05, 0.1) is 11.3 Å². The molecule has 5 nitrogen and oxygen atoms in total. The summed E-state index contributed by atoms with van der Waals surface area (Å²) in [7, 11) is -3.23. The zero-order valence-electron chi connectivity index (χ0n) is 10.5. The molecule has 104 valence electrons. The molecule has 1 fully saturated rings. The van der Waals surface area contributed by atoms with E-state index in [9.17, 15) is 13.2 Å². The third-order valence-electron chi connectivity index (χ3n) is 3.19. The van der Waals surface area contributed by atoms with E-state index in [1.165, 1.54) is 12.1 Å². The Bertz CT molecular complexity index is 547. The van der Waals surface area contributed by atoms with Crippen molar-refractivity contribution in [3.05, 3.63) is 35.4 Å². The number of hydrogen-bond acceptors (Lipinski definition) is 3. The summed E-state index contributed by atoms with van der Waals surface area (Å²) in [5.74, 6) is -0.229. The average Bonchev–Trinajstić information content (AvgIpc) is 3.19. The first-order valence-electron chi connectivity index (χ1n) is 6.26. The highest BCUT2D eigenvalue weighted by Crippen LogP contribution is 2.32. The molecule has 0 unspecified atom stereocenters. The molecule has 0 saturated heterocycles. The smallest absolute Gasteiger partial charge is 0.335 e. The molecular weight excluding hydrogens is 266 g/mol. The van der Waals surface area contributed by atoms with Crippen molar-refractivity contribution < 1.29 is 18.3 Å². The van der Waals surface area contributed by atoms with Crippen LogP contribution in [0.2, 0.25) is 0 Å². The van der Waals surface area contributed by atoms with Crippen molar-refractivity contribution >= 4 is 16.0 Å². The van der Waals surface area contributed by atoms with Gasteiger partial charge < -0.3 is 5.11 Å². The minimum absolute atomic E-state index is 0.172. The van der Waals surface area contributed by atoms with Gasteiger partial charge in [0.15, 0.2) is 0 Å². The molecule has 2 N–H and O–H groups in total. The molecule has 6 heteroatoms. The maximum absolute atomic E-state index is 11.7. The number of hydrogen-bond donors (Lipinski definition) is 2. The summed E-state index contributed by atoms with van der Waals surface area (Å²) >= 11 is 0. The van der Waals surface area contributed by atoms with Crippen molar-refractivity contribution in [3.63, 3.8) is 0 Å². The zero-order valence-corrected chi connectivity index (χ0v) is 11.3. The number of carboxylic acids is 1. The van der Waals surface area contributed by atoms with Crippen molar-refractivity contribution in [2.45, 2.75) is 25.8 Å². The Kier molecular flexibility index (Phi) is 4.21. The van der Waals surface area contributed by atoms with Crippen LogP contribution in [-0.4, -0.2) is 25.2 Å². The Morgan fingerprint density at radius 2 is 1.89 bits per heavy atom. The molecule has 1 aliphatic carbocycles. The molecule has 1 saturated carbocycles. The predicted molar refractivity (Wildman–Crippen MR) is 71.4 cm³/mol. The van der Waals surface area contributed by atoms with E-state index in [0.29, 0.717) is 5.92 Å². The van der Waals surface area contributed by atoms with Gasteiger partial charge in [-0.05, 0) is 30.0 Å². The Morgan fingerprint density at radius 3 is 2.42 bits per heavy atom. The van der Waals surface area contributed by atoms with Gasteiger partial charge in [-0.15, -0.1) is 0 Å². The molecule has 0 aliphatic heterocycles. The van der Waals surface area contributed by atoms with Crippen molar-refractivity contribution in [2.75, 3.05) is 5.75 Å². The Labute approximate surface area is 112 Å². The zero-order chi connectivity index (χ0) is 13.9. The number of carbonyl (C=O) groups is 1. The Morgan fingerprint density at radius 1 is 1.26 bits per heavy atom. The minimum atomic E-state index is -3.23. The van der Waals surface area contributed by atoms with Crippen LogP contribution in [0.15, 0.2) is 24.3 Å². The number of carboxylic acid groups (broad SMARTS) is 1. The first kappa shape index (κ1) is 14.0. The lowest BCUT2D eigenvalue weighted by Gasteiger charge is -2.06. The predicted octanol–water partition coefficient (Wildman–Crippen LogP) is 1.60. The number of aromatic carboxylic acids is 1. The quantitative estimate of drug-likeness (QED) is 0.796. The van der Waals surface area contributed by atoms with E-state index < -0.39 is 16.0 Å². The van der Waals surface area contributed by atoms with Gasteiger partial charge in [0.1, 0.15) is 0 Å². The third kappa shape index (κ3) is 4.65. The van der Waals surface area contributed by atoms with Crippen LogP contribution in [0.5, 0.6) is 0 Å². The van der Waals surface area contributed by atoms with Crippen molar-refractivity contribution in [2.24, 2.45) is 5.92 Å². The van der Waals surface area contributed by atoms with E-state index in [4.69, 9.17) is 5.11 Å². The molecule has 0 atom stereocenters. The number of sulfonamides is 1. The third-order valence-corrected chi connectivity index (χ3v) is 4.55. The van der Waals surface area contributed by atoms with Crippen LogP contribution in [0.3, 0.4) is 0 Å². The van der Waals surface area contributed by atoms with Crippen LogP contribution in [0.1, 0.15) is 35.2 Å². The van der Waals surface area contributed by atoms with E-state index in [1.54, 1.807) is 12.1 Å². The van der Waals surface area contributed by atoms with Crippen molar-refractivity contribution in [3.8, 4) is 0 Å². The lowest BCUT2D eigenvalue weighted by molar-refractivity contribution is 0.0697. The fourth-order valence-corrected chi connectivity index (χ4v) is 2.93. The molecule has 0 heterocycles. The van der Waals surface area contributed by atoms with Crippen LogP contribution in [0.25, 0.3) is 0 Å². The van der Waals surface area contributed by atoms with Crippen LogP contribution in [0.4, 0.5) is 0 Å². The minimum Gasteiger partial charge on any atom is -0.478 e. The summed E-state index contributed by atoms with van der Waals surface area (Å²) < 4.78 is 25.9. The fraction of sp³-hybridized carbons (Fsp3) is 0.462. The maximum Gasteiger partial charge on any atom is 0.335 e. The molecule has 0 amide bonds. The molecule has 19 heavy (non-hydrogen) atoms. The van der Waals surface area contributed by atoms with Crippen LogP contribution in [-0.2, 0) is 16.6 Å². The summed E-state index contributed by atoms with van der Waals surface area (Å²) in [5, 5.41) is 8.75. The molecule has 0 bridgehead atoms. The van der Waals surface area contributed by atoms with E-state index in [2.05, 4.69) is 4.72 Å². The molecular formula is C13H17NO4S. The van der Waals surface area contributed by atoms with Gasteiger partial charge in [-0.25, -0.2) is 17.9 Å². The van der Waals surface area contributed by atoms with E-state index in [1.807, 2.05) is 0 Å². The Hall–Kier alpha value is -1.40. The monoisotopic (exact) mass is 283 g/mol. The highest BCUT2D eigenvalue weighted by Gasteiger charge is 2.23. The summed E-state index contributed by atoms with van der Waals surface area (Å²) in [6, 6.07) is 6.17. The van der Waals surface area contributed by atoms with Crippen molar-refractivity contribution in [1.82, 2.24) is 4.72 Å². The summed E-state index contributed by atoms with van der Waals surface area (Å²) in [6.07, 6.45) is 3.02. The van der Waals surface area contributed by atoms with Gasteiger partial charge >= 0.3 is 5.97 Å². The van der Waals surface area contributed by atoms with Gasteiger partial charge in [0.25, 0.3) is 0 Å². The topological polar surface area (TPSA) is 83.5 Å². The normalized spacial score (nSPS) is 15.4. The molecule has 1 aromatic carbocycles. The lowest BCUT2D eigenvalue weighted by atomic mass is 10.1. The second-order valence-electron chi connectivity index (χ2n) is 4.87. The van der Waals surface area contributed by atoms with Crippen LogP contribution >= 0.6 is 0 Å². The summed E-state index contributed by atoms with van der Waals surface area (Å²) in [6.45, 7) is 0.201. The second kappa shape index (κ2) is 5.71. The molecule has 2 rings (SSSR count). The van der Waals surface area contributed by atoms with E-state index in [-0.39, 0.29) is 17.9 Å². The SMILES string of the molecule is O=C(O)c1ccc(CNS(=O)(=O)CCC2CC2)cc1. The highest BCUT2D eigenvalue weighted by atomic mass is 32.2. The van der Waals surface area contributed by atoms with Gasteiger partial charge in [-0.1, -0.05) is 25.0 Å². The maximum atomic E-state index is 11.7. The Balaban J connectivity index is 1.84. The molecule has 0 radical (unpaired) electrons.